The number of alkyl halides is 3. The number of carbonyl (C=O) groups excluding carboxylic acids is 1. The molecule has 1 saturated carbocycles. The van der Waals surface area contributed by atoms with Crippen molar-refractivity contribution in [3.63, 3.8) is 0 Å². The number of nitrogens with zero attached hydrogens (tertiary/aromatic N) is 4. The van der Waals surface area contributed by atoms with Gasteiger partial charge in [-0.3, -0.25) is 10.2 Å². The van der Waals surface area contributed by atoms with Gasteiger partial charge in [0.1, 0.15) is 11.3 Å². The minimum atomic E-state index is -4.75. The van der Waals surface area contributed by atoms with Crippen molar-refractivity contribution < 1.29 is 23.1 Å². The highest BCUT2D eigenvalue weighted by atomic mass is 32.1. The van der Waals surface area contributed by atoms with Gasteiger partial charge in [-0.15, -0.1) is 10.2 Å². The van der Waals surface area contributed by atoms with E-state index < -0.39 is 29.4 Å². The molecule has 8 nitrogen and oxygen atoms in total. The number of thiocarbonyl (C=S) groups is 1. The summed E-state index contributed by atoms with van der Waals surface area (Å²) >= 11 is 5.64. The van der Waals surface area contributed by atoms with E-state index in [1.807, 2.05) is 0 Å². The van der Waals surface area contributed by atoms with Gasteiger partial charge in [0.15, 0.2) is 11.4 Å². The molecule has 1 aliphatic heterocycles. The summed E-state index contributed by atoms with van der Waals surface area (Å²) < 4.78 is 40.2. The molecule has 2 aromatic heterocycles. The highest BCUT2D eigenvalue weighted by Gasteiger charge is 2.62. The average Bonchev–Trinajstić information content (AvgIpc) is 3.18. The summed E-state index contributed by atoms with van der Waals surface area (Å²) in [6, 6.07) is 9.09. The molecule has 1 aliphatic carbocycles. The second-order valence-corrected chi connectivity index (χ2v) is 7.70. The molecule has 2 fully saturated rings. The topological polar surface area (TPSA) is 104 Å². The Bertz CT molecular complexity index is 1190. The number of hydrazine groups is 1. The van der Waals surface area contributed by atoms with Crippen LogP contribution in [0.2, 0.25) is 0 Å². The summed E-state index contributed by atoms with van der Waals surface area (Å²) in [5.74, 6) is -2.99. The maximum absolute atomic E-state index is 13.4. The molecule has 3 heterocycles. The van der Waals surface area contributed by atoms with E-state index in [1.165, 1.54) is 24.3 Å². The van der Waals surface area contributed by atoms with Crippen molar-refractivity contribution >= 4 is 28.5 Å². The van der Waals surface area contributed by atoms with Crippen LogP contribution in [0.5, 0.6) is 5.75 Å². The van der Waals surface area contributed by atoms with Crippen LogP contribution in [-0.2, 0) is 11.0 Å². The molecule has 0 radical (unpaired) electrons. The number of hydrogen-bond donors (Lipinski definition) is 3. The third kappa shape index (κ3) is 2.57. The predicted molar refractivity (Wildman–Crippen MR) is 101 cm³/mol. The summed E-state index contributed by atoms with van der Waals surface area (Å²) in [7, 11) is 0. The zero-order chi connectivity index (χ0) is 21.3. The lowest BCUT2D eigenvalue weighted by molar-refractivity contribution is -0.146. The van der Waals surface area contributed by atoms with Crippen LogP contribution in [0, 0.1) is 0 Å². The smallest absolute Gasteiger partial charge is 0.453 e. The van der Waals surface area contributed by atoms with Gasteiger partial charge in [-0.25, -0.2) is 5.43 Å². The van der Waals surface area contributed by atoms with Gasteiger partial charge < -0.3 is 5.11 Å². The monoisotopic (exact) mass is 434 g/mol. The predicted octanol–water partition coefficient (Wildman–Crippen LogP) is 1.52. The van der Waals surface area contributed by atoms with Crippen molar-refractivity contribution in [2.75, 3.05) is 6.54 Å². The van der Waals surface area contributed by atoms with E-state index in [1.54, 1.807) is 12.1 Å². The van der Waals surface area contributed by atoms with E-state index >= 15 is 0 Å². The van der Waals surface area contributed by atoms with Gasteiger partial charge in [-0.2, -0.15) is 22.8 Å². The van der Waals surface area contributed by atoms with E-state index in [-0.39, 0.29) is 22.9 Å². The van der Waals surface area contributed by atoms with Crippen LogP contribution < -0.4 is 10.9 Å². The van der Waals surface area contributed by atoms with Gasteiger partial charge in [0.25, 0.3) is 5.82 Å². The largest absolute Gasteiger partial charge is 0.508 e. The molecule has 3 unspecified atom stereocenters. The minimum Gasteiger partial charge on any atom is -0.508 e. The van der Waals surface area contributed by atoms with Crippen LogP contribution in [0.15, 0.2) is 36.4 Å². The van der Waals surface area contributed by atoms with Crippen molar-refractivity contribution in [1.82, 2.24) is 30.7 Å². The number of carbonyl (C=O) groups is 1. The maximum Gasteiger partial charge on any atom is 0.453 e. The van der Waals surface area contributed by atoms with Crippen LogP contribution in [0.4, 0.5) is 13.2 Å². The summed E-state index contributed by atoms with van der Waals surface area (Å²) in [6.45, 7) is 0.302. The molecule has 154 valence electrons. The SMILES string of the molecule is O=C1C(c2ccc3nnc(C(F)(F)F)n3n2)C(=S)C(c2ccc(O)cc2)C12CNN2. The normalized spacial score (nSPS) is 26.5. The van der Waals surface area contributed by atoms with Crippen LogP contribution >= 0.6 is 12.2 Å². The number of phenolic OH excluding ortho intramolecular Hbond substituents is 1. The zero-order valence-corrected chi connectivity index (χ0v) is 15.8. The summed E-state index contributed by atoms with van der Waals surface area (Å²) in [4.78, 5) is 13.7. The Balaban J connectivity index is 1.62. The number of hydrogen-bond acceptors (Lipinski definition) is 8. The van der Waals surface area contributed by atoms with Crippen LogP contribution in [0.1, 0.15) is 28.9 Å². The number of phenols is 1. The van der Waals surface area contributed by atoms with E-state index in [4.69, 9.17) is 12.2 Å². The second kappa shape index (κ2) is 6.27. The molecule has 3 N–H and O–H groups in total. The number of nitrogens with one attached hydrogen (secondary N) is 2. The molecule has 1 saturated heterocycles. The van der Waals surface area contributed by atoms with Gasteiger partial charge in [0.2, 0.25) is 0 Å². The fourth-order valence-electron chi connectivity index (χ4n) is 4.07. The Hall–Kier alpha value is -2.96. The van der Waals surface area contributed by atoms with E-state index in [0.717, 1.165) is 0 Å². The van der Waals surface area contributed by atoms with Crippen molar-refractivity contribution in [2.45, 2.75) is 23.6 Å². The molecule has 3 aromatic rings. The summed E-state index contributed by atoms with van der Waals surface area (Å²) in [5, 5.41) is 20.2. The number of aromatic hydroxyl groups is 1. The van der Waals surface area contributed by atoms with Crippen molar-refractivity contribution in [3.05, 3.63) is 53.5 Å². The first-order chi connectivity index (χ1) is 14.2. The highest BCUT2D eigenvalue weighted by molar-refractivity contribution is 7.80. The number of fused-ring (bicyclic) bond motifs is 1. The zero-order valence-electron chi connectivity index (χ0n) is 15.0. The Kier molecular flexibility index (Phi) is 3.98. The lowest BCUT2D eigenvalue weighted by Crippen LogP contribution is -2.74. The molecule has 2 aliphatic rings. The molecule has 5 rings (SSSR count). The first-order valence-electron chi connectivity index (χ1n) is 8.89. The van der Waals surface area contributed by atoms with Crippen molar-refractivity contribution in [3.8, 4) is 5.75 Å². The van der Waals surface area contributed by atoms with Crippen molar-refractivity contribution in [1.29, 1.82) is 0 Å². The Morgan fingerprint density at radius 1 is 1.17 bits per heavy atom. The van der Waals surface area contributed by atoms with Gasteiger partial charge in [0, 0.05) is 17.3 Å². The summed E-state index contributed by atoms with van der Waals surface area (Å²) in [6.07, 6.45) is -4.75. The Labute approximate surface area is 172 Å². The van der Waals surface area contributed by atoms with Gasteiger partial charge in [-0.05, 0) is 29.8 Å². The Morgan fingerprint density at radius 2 is 1.87 bits per heavy atom. The fourth-order valence-corrected chi connectivity index (χ4v) is 4.63. The lowest BCUT2D eigenvalue weighted by Gasteiger charge is -2.43. The molecule has 1 aromatic carbocycles. The standard InChI is InChI=1S/C18H13F3N6O2S/c19-18(20,21)16-24-23-11-6-5-10(25-27(11)16)12-14(30)13(8-1-3-9(28)4-2-8)17(15(12)29)7-22-26-17/h1-6,12-13,22,26,28H,7H2. The third-order valence-electron chi connectivity index (χ3n) is 5.50. The molecular formula is C18H13F3N6O2S. The van der Waals surface area contributed by atoms with Gasteiger partial charge in [-0.1, -0.05) is 24.4 Å². The first-order valence-corrected chi connectivity index (χ1v) is 9.30. The molecule has 3 atom stereocenters. The van der Waals surface area contributed by atoms with Crippen LogP contribution in [0.3, 0.4) is 0 Å². The number of benzene rings is 1. The van der Waals surface area contributed by atoms with Crippen LogP contribution in [-0.4, -0.2) is 47.6 Å². The van der Waals surface area contributed by atoms with Gasteiger partial charge in [0.05, 0.1) is 11.6 Å². The quantitative estimate of drug-likeness (QED) is 0.522. The van der Waals surface area contributed by atoms with E-state index in [9.17, 15) is 23.1 Å². The summed E-state index contributed by atoms with van der Waals surface area (Å²) in [5.41, 5.74) is 5.49. The first kappa shape index (κ1) is 19.0. The number of ketones is 1. The van der Waals surface area contributed by atoms with Crippen molar-refractivity contribution in [2.24, 2.45) is 0 Å². The minimum absolute atomic E-state index is 0.0682. The molecule has 0 bridgehead atoms. The number of Topliss-reactive ketones (excluding diaryl/α,β-unsaturated/α-hetero) is 1. The molecule has 0 amide bonds. The van der Waals surface area contributed by atoms with E-state index in [2.05, 4.69) is 26.1 Å². The number of rotatable bonds is 2. The lowest BCUT2D eigenvalue weighted by atomic mass is 9.79. The molecular weight excluding hydrogens is 421 g/mol. The van der Waals surface area contributed by atoms with Gasteiger partial charge >= 0.3 is 6.18 Å². The molecule has 30 heavy (non-hydrogen) atoms. The average molecular weight is 434 g/mol. The molecule has 1 spiro atoms. The van der Waals surface area contributed by atoms with Crippen LogP contribution in [0.25, 0.3) is 5.65 Å². The number of aromatic nitrogens is 4. The highest BCUT2D eigenvalue weighted by Crippen LogP contribution is 2.47. The number of halogens is 3. The maximum atomic E-state index is 13.4. The fraction of sp³-hybridized carbons (Fsp3) is 0.278. The van der Waals surface area contributed by atoms with E-state index in [0.29, 0.717) is 21.5 Å². The third-order valence-corrected chi connectivity index (χ3v) is 5.97. The molecule has 12 heteroatoms. The second-order valence-electron chi connectivity index (χ2n) is 7.22. The Morgan fingerprint density at radius 3 is 2.47 bits per heavy atom.